The van der Waals surface area contributed by atoms with E-state index in [4.69, 9.17) is 9.26 Å². The van der Waals surface area contributed by atoms with E-state index in [2.05, 4.69) is 15.5 Å². The largest absolute Gasteiger partial charge is 0.497 e. The molecule has 10 heteroatoms. The van der Waals surface area contributed by atoms with Crippen molar-refractivity contribution in [1.82, 2.24) is 19.8 Å². The lowest BCUT2D eigenvalue weighted by Gasteiger charge is -2.29. The summed E-state index contributed by atoms with van der Waals surface area (Å²) in [6.07, 6.45) is 2.47. The zero-order valence-electron chi connectivity index (χ0n) is 15.2. The smallest absolute Gasteiger partial charge is 0.246 e. The fourth-order valence-electron chi connectivity index (χ4n) is 2.97. The first-order chi connectivity index (χ1) is 12.9. The highest BCUT2D eigenvalue weighted by molar-refractivity contribution is 7.88. The molecule has 1 saturated heterocycles. The third-order valence-electron chi connectivity index (χ3n) is 4.43. The van der Waals surface area contributed by atoms with E-state index in [0.29, 0.717) is 31.0 Å². The van der Waals surface area contributed by atoms with E-state index in [1.54, 1.807) is 13.2 Å². The number of carbonyl (C=O) groups is 1. The molecule has 1 aliphatic heterocycles. The molecule has 1 atom stereocenters. The maximum Gasteiger partial charge on any atom is 0.246 e. The van der Waals surface area contributed by atoms with E-state index in [1.165, 1.54) is 4.31 Å². The molecule has 146 valence electrons. The van der Waals surface area contributed by atoms with Gasteiger partial charge in [0.1, 0.15) is 5.75 Å². The molecule has 1 aromatic heterocycles. The van der Waals surface area contributed by atoms with Gasteiger partial charge in [-0.15, -0.1) is 0 Å². The number of nitrogens with one attached hydrogen (secondary N) is 1. The lowest BCUT2D eigenvalue weighted by atomic mass is 9.99. The Morgan fingerprint density at radius 1 is 1.44 bits per heavy atom. The van der Waals surface area contributed by atoms with Crippen LogP contribution in [0.4, 0.5) is 0 Å². The molecule has 27 heavy (non-hydrogen) atoms. The number of ether oxygens (including phenoxy) is 1. The summed E-state index contributed by atoms with van der Waals surface area (Å²) in [5.41, 5.74) is 0.742. The van der Waals surface area contributed by atoms with Crippen LogP contribution in [0.1, 0.15) is 18.7 Å². The number of hydrogen-bond donors (Lipinski definition) is 1. The zero-order chi connectivity index (χ0) is 19.4. The second-order valence-corrected chi connectivity index (χ2v) is 8.40. The quantitative estimate of drug-likeness (QED) is 0.778. The van der Waals surface area contributed by atoms with Crippen molar-refractivity contribution in [2.75, 3.05) is 26.5 Å². The molecule has 0 aliphatic carbocycles. The Labute approximate surface area is 157 Å². The molecule has 3 rings (SSSR count). The van der Waals surface area contributed by atoms with E-state index in [-0.39, 0.29) is 30.8 Å². The van der Waals surface area contributed by atoms with E-state index in [0.717, 1.165) is 11.8 Å². The maximum absolute atomic E-state index is 12.4. The van der Waals surface area contributed by atoms with Gasteiger partial charge in [-0.1, -0.05) is 17.3 Å². The van der Waals surface area contributed by atoms with Crippen LogP contribution in [0.25, 0.3) is 11.4 Å². The summed E-state index contributed by atoms with van der Waals surface area (Å²) in [6.45, 7) is 0.741. The van der Waals surface area contributed by atoms with Crippen LogP contribution in [-0.4, -0.2) is 55.2 Å². The Balaban J connectivity index is 1.59. The fraction of sp³-hybridized carbons (Fsp3) is 0.471. The normalized spacial score (nSPS) is 18.2. The molecule has 0 spiro atoms. The molecule has 2 heterocycles. The number of hydrogen-bond acceptors (Lipinski definition) is 7. The minimum Gasteiger partial charge on any atom is -0.497 e. The summed E-state index contributed by atoms with van der Waals surface area (Å²) in [6, 6.07) is 7.25. The Hall–Kier alpha value is -2.46. The molecular weight excluding hydrogens is 372 g/mol. The highest BCUT2D eigenvalue weighted by Crippen LogP contribution is 2.22. The van der Waals surface area contributed by atoms with E-state index < -0.39 is 10.0 Å². The average Bonchev–Trinajstić information content (AvgIpc) is 3.14. The number of amides is 1. The summed E-state index contributed by atoms with van der Waals surface area (Å²) < 4.78 is 35.0. The highest BCUT2D eigenvalue weighted by Gasteiger charge is 2.30. The fourth-order valence-corrected chi connectivity index (χ4v) is 3.88. The first kappa shape index (κ1) is 19.3. The Morgan fingerprint density at radius 2 is 2.26 bits per heavy atom. The van der Waals surface area contributed by atoms with Crippen molar-refractivity contribution in [3.63, 3.8) is 0 Å². The highest BCUT2D eigenvalue weighted by atomic mass is 32.2. The Bertz CT molecular complexity index is 912. The predicted octanol–water partition coefficient (Wildman–Crippen LogP) is 1.03. The van der Waals surface area contributed by atoms with Crippen LogP contribution < -0.4 is 10.1 Å². The van der Waals surface area contributed by atoms with Crippen LogP contribution >= 0.6 is 0 Å². The van der Waals surface area contributed by atoms with Crippen LogP contribution in [0, 0.1) is 5.92 Å². The number of piperidine rings is 1. The van der Waals surface area contributed by atoms with Gasteiger partial charge >= 0.3 is 0 Å². The van der Waals surface area contributed by atoms with Crippen LogP contribution in [0.5, 0.6) is 5.75 Å². The van der Waals surface area contributed by atoms with Crippen LogP contribution in [-0.2, 0) is 21.4 Å². The molecule has 0 bridgehead atoms. The van der Waals surface area contributed by atoms with Gasteiger partial charge in [-0.2, -0.15) is 4.98 Å². The van der Waals surface area contributed by atoms with Crippen molar-refractivity contribution in [3.8, 4) is 17.1 Å². The second kappa shape index (κ2) is 8.05. The number of rotatable bonds is 6. The SMILES string of the molecule is COc1cccc(-c2noc(CNC(=O)C3CCCN(S(C)(=O)=O)C3)n2)c1. The molecule has 9 nitrogen and oxygen atoms in total. The van der Waals surface area contributed by atoms with Crippen molar-refractivity contribution in [2.45, 2.75) is 19.4 Å². The second-order valence-electron chi connectivity index (χ2n) is 6.42. The lowest BCUT2D eigenvalue weighted by Crippen LogP contribution is -2.44. The van der Waals surface area contributed by atoms with Gasteiger partial charge < -0.3 is 14.6 Å². The molecule has 1 unspecified atom stereocenters. The van der Waals surface area contributed by atoms with Gasteiger partial charge in [0.05, 0.1) is 25.8 Å². The monoisotopic (exact) mass is 394 g/mol. The average molecular weight is 394 g/mol. The number of aromatic nitrogens is 2. The van der Waals surface area contributed by atoms with E-state index in [9.17, 15) is 13.2 Å². The van der Waals surface area contributed by atoms with Gasteiger partial charge in [-0.3, -0.25) is 4.79 Å². The predicted molar refractivity (Wildman–Crippen MR) is 97.3 cm³/mol. The van der Waals surface area contributed by atoms with Crippen molar-refractivity contribution < 1.29 is 22.5 Å². The first-order valence-corrected chi connectivity index (χ1v) is 10.4. The van der Waals surface area contributed by atoms with Gasteiger partial charge in [-0.05, 0) is 25.0 Å². The molecule has 1 N–H and O–H groups in total. The first-order valence-electron chi connectivity index (χ1n) is 8.56. The molecule has 0 saturated carbocycles. The minimum atomic E-state index is -3.29. The summed E-state index contributed by atoms with van der Waals surface area (Å²) in [4.78, 5) is 16.6. The van der Waals surface area contributed by atoms with E-state index in [1.807, 2.05) is 18.2 Å². The van der Waals surface area contributed by atoms with E-state index >= 15 is 0 Å². The van der Waals surface area contributed by atoms with Crippen molar-refractivity contribution in [3.05, 3.63) is 30.2 Å². The molecule has 2 aromatic rings. The summed E-state index contributed by atoms with van der Waals surface area (Å²) >= 11 is 0. The van der Waals surface area contributed by atoms with Gasteiger partial charge in [0, 0.05) is 18.7 Å². The summed E-state index contributed by atoms with van der Waals surface area (Å²) in [5.74, 6) is 0.759. The van der Waals surface area contributed by atoms with Crippen molar-refractivity contribution in [1.29, 1.82) is 0 Å². The van der Waals surface area contributed by atoms with Crippen molar-refractivity contribution in [2.24, 2.45) is 5.92 Å². The Morgan fingerprint density at radius 3 is 3.00 bits per heavy atom. The molecule has 1 fully saturated rings. The molecule has 1 amide bonds. The number of nitrogens with zero attached hydrogens (tertiary/aromatic N) is 3. The zero-order valence-corrected chi connectivity index (χ0v) is 16.0. The number of sulfonamides is 1. The minimum absolute atomic E-state index is 0.0885. The third-order valence-corrected chi connectivity index (χ3v) is 5.70. The molecule has 1 aromatic carbocycles. The van der Waals surface area contributed by atoms with Gasteiger partial charge in [-0.25, -0.2) is 12.7 Å². The lowest BCUT2D eigenvalue weighted by molar-refractivity contribution is -0.126. The van der Waals surface area contributed by atoms with Crippen molar-refractivity contribution >= 4 is 15.9 Å². The molecular formula is C17H22N4O5S. The number of benzene rings is 1. The summed E-state index contributed by atoms with van der Waals surface area (Å²) in [7, 11) is -1.71. The summed E-state index contributed by atoms with van der Waals surface area (Å²) in [5, 5.41) is 6.66. The molecule has 0 radical (unpaired) electrons. The number of carbonyl (C=O) groups excluding carboxylic acids is 1. The van der Waals surface area contributed by atoms with Crippen LogP contribution in [0.2, 0.25) is 0 Å². The van der Waals surface area contributed by atoms with Gasteiger partial charge in [0.2, 0.25) is 27.6 Å². The van der Waals surface area contributed by atoms with Gasteiger partial charge in [0.25, 0.3) is 0 Å². The number of methoxy groups -OCH3 is 1. The topological polar surface area (TPSA) is 115 Å². The Kier molecular flexibility index (Phi) is 5.76. The maximum atomic E-state index is 12.4. The molecule has 1 aliphatic rings. The van der Waals surface area contributed by atoms with Gasteiger partial charge in [0.15, 0.2) is 0 Å². The third kappa shape index (κ3) is 4.83. The van der Waals surface area contributed by atoms with Crippen LogP contribution in [0.15, 0.2) is 28.8 Å². The standard InChI is InChI=1S/C17H22N4O5S/c1-25-14-7-3-5-12(9-14)16-19-15(26-20-16)10-18-17(22)13-6-4-8-21(11-13)27(2,23)24/h3,5,7,9,13H,4,6,8,10-11H2,1-2H3,(H,18,22). The van der Waals surface area contributed by atoms with Crippen LogP contribution in [0.3, 0.4) is 0 Å².